The predicted molar refractivity (Wildman–Crippen MR) is 111 cm³/mol. The number of aryl methyl sites for hydroxylation is 1. The van der Waals surface area contributed by atoms with Crippen molar-refractivity contribution in [2.75, 3.05) is 18.5 Å². The van der Waals surface area contributed by atoms with Gasteiger partial charge in [0, 0.05) is 31.4 Å². The third-order valence-electron chi connectivity index (χ3n) is 4.48. The van der Waals surface area contributed by atoms with Crippen molar-refractivity contribution in [3.8, 4) is 0 Å². The Bertz CT molecular complexity index is 901. The maximum atomic E-state index is 12.5. The van der Waals surface area contributed by atoms with Crippen molar-refractivity contribution < 1.29 is 4.79 Å². The van der Waals surface area contributed by atoms with E-state index in [4.69, 9.17) is 4.98 Å². The largest absolute Gasteiger partial charge is 0.352 e. The van der Waals surface area contributed by atoms with E-state index < -0.39 is 0 Å². The number of anilines is 1. The summed E-state index contributed by atoms with van der Waals surface area (Å²) in [4.78, 5) is 23.8. The SMILES string of the molecule is CCc1nc2ccc(C(=O)NCCC(C)C)cn2c1N(C)Cc1nccs1. The van der Waals surface area contributed by atoms with Crippen LogP contribution in [0.3, 0.4) is 0 Å². The molecule has 0 aromatic carbocycles. The van der Waals surface area contributed by atoms with Gasteiger partial charge in [0.1, 0.15) is 16.5 Å². The van der Waals surface area contributed by atoms with Crippen LogP contribution in [-0.4, -0.2) is 33.9 Å². The van der Waals surface area contributed by atoms with Gasteiger partial charge < -0.3 is 10.2 Å². The van der Waals surface area contributed by atoms with E-state index in [1.807, 2.05) is 41.4 Å². The lowest BCUT2D eigenvalue weighted by Gasteiger charge is -2.19. The van der Waals surface area contributed by atoms with Crippen LogP contribution in [-0.2, 0) is 13.0 Å². The van der Waals surface area contributed by atoms with E-state index >= 15 is 0 Å². The molecule has 0 spiro atoms. The predicted octanol–water partition coefficient (Wildman–Crippen LogP) is 3.77. The average Bonchev–Trinajstić information content (AvgIpc) is 3.27. The Morgan fingerprint density at radius 1 is 1.37 bits per heavy atom. The third kappa shape index (κ3) is 4.47. The topological polar surface area (TPSA) is 62.5 Å². The Balaban J connectivity index is 1.88. The van der Waals surface area contributed by atoms with Crippen molar-refractivity contribution in [1.82, 2.24) is 19.7 Å². The summed E-state index contributed by atoms with van der Waals surface area (Å²) in [6, 6.07) is 3.76. The van der Waals surface area contributed by atoms with Gasteiger partial charge >= 0.3 is 0 Å². The minimum absolute atomic E-state index is 0.0437. The van der Waals surface area contributed by atoms with E-state index in [-0.39, 0.29) is 5.91 Å². The lowest BCUT2D eigenvalue weighted by molar-refractivity contribution is 0.0951. The van der Waals surface area contributed by atoms with Crippen molar-refractivity contribution in [3.05, 3.63) is 46.2 Å². The Morgan fingerprint density at radius 3 is 2.85 bits per heavy atom. The normalized spacial score (nSPS) is 11.3. The Morgan fingerprint density at radius 2 is 2.19 bits per heavy atom. The highest BCUT2D eigenvalue weighted by Gasteiger charge is 2.17. The molecule has 3 heterocycles. The molecule has 0 fully saturated rings. The number of fused-ring (bicyclic) bond motifs is 1. The number of pyridine rings is 1. The summed E-state index contributed by atoms with van der Waals surface area (Å²) in [5, 5.41) is 6.04. The maximum absolute atomic E-state index is 12.5. The first-order valence-corrected chi connectivity index (χ1v) is 10.3. The maximum Gasteiger partial charge on any atom is 0.252 e. The average molecular weight is 386 g/mol. The molecule has 0 aliphatic rings. The monoisotopic (exact) mass is 385 g/mol. The van der Waals surface area contributed by atoms with Gasteiger partial charge in [-0.25, -0.2) is 9.97 Å². The van der Waals surface area contributed by atoms with Crippen LogP contribution in [0.2, 0.25) is 0 Å². The van der Waals surface area contributed by atoms with Crippen LogP contribution in [0.5, 0.6) is 0 Å². The molecule has 0 saturated carbocycles. The highest BCUT2D eigenvalue weighted by atomic mass is 32.1. The summed E-state index contributed by atoms with van der Waals surface area (Å²) in [6.07, 6.45) is 5.51. The molecule has 1 amide bonds. The molecular weight excluding hydrogens is 358 g/mol. The second kappa shape index (κ2) is 8.52. The van der Waals surface area contributed by atoms with Crippen LogP contribution in [0.4, 0.5) is 5.82 Å². The smallest absolute Gasteiger partial charge is 0.252 e. The fraction of sp³-hybridized carbons (Fsp3) is 0.450. The highest BCUT2D eigenvalue weighted by molar-refractivity contribution is 7.09. The molecule has 0 atom stereocenters. The number of hydrogen-bond acceptors (Lipinski definition) is 5. The van der Waals surface area contributed by atoms with Crippen LogP contribution >= 0.6 is 11.3 Å². The molecule has 0 saturated heterocycles. The van der Waals surface area contributed by atoms with E-state index in [0.29, 0.717) is 24.6 Å². The molecule has 6 nitrogen and oxygen atoms in total. The first kappa shape index (κ1) is 19.4. The first-order chi connectivity index (χ1) is 13.0. The molecular formula is C20H27N5OS. The zero-order valence-electron chi connectivity index (χ0n) is 16.4. The Labute approximate surface area is 164 Å². The van der Waals surface area contributed by atoms with Gasteiger partial charge in [0.05, 0.1) is 17.8 Å². The van der Waals surface area contributed by atoms with Gasteiger partial charge in [-0.3, -0.25) is 9.20 Å². The van der Waals surface area contributed by atoms with Crippen LogP contribution in [0, 0.1) is 5.92 Å². The minimum atomic E-state index is -0.0437. The van der Waals surface area contributed by atoms with Crippen molar-refractivity contribution in [2.45, 2.75) is 40.2 Å². The molecule has 7 heteroatoms. The van der Waals surface area contributed by atoms with Crippen LogP contribution in [0.15, 0.2) is 29.9 Å². The van der Waals surface area contributed by atoms with Crippen LogP contribution in [0.25, 0.3) is 5.65 Å². The van der Waals surface area contributed by atoms with E-state index in [9.17, 15) is 4.79 Å². The van der Waals surface area contributed by atoms with Crippen LogP contribution < -0.4 is 10.2 Å². The van der Waals surface area contributed by atoms with Gasteiger partial charge in [0.15, 0.2) is 0 Å². The molecule has 0 aliphatic carbocycles. The van der Waals surface area contributed by atoms with Gasteiger partial charge in [0.2, 0.25) is 0 Å². The number of nitrogens with zero attached hydrogens (tertiary/aromatic N) is 4. The first-order valence-electron chi connectivity index (χ1n) is 9.38. The highest BCUT2D eigenvalue weighted by Crippen LogP contribution is 2.25. The molecule has 144 valence electrons. The standard InChI is InChI=1S/C20H27N5OS/c1-5-16-20(24(4)13-18-21-10-11-27-18)25-12-15(6-7-17(25)23-16)19(26)22-9-8-14(2)3/h6-7,10-12,14H,5,8-9,13H2,1-4H3,(H,22,26). The number of carbonyl (C=O) groups is 1. The molecule has 27 heavy (non-hydrogen) atoms. The molecule has 3 aromatic heterocycles. The molecule has 3 aromatic rings. The number of rotatable bonds is 8. The zero-order valence-corrected chi connectivity index (χ0v) is 17.2. The van der Waals surface area contributed by atoms with E-state index in [2.05, 4.69) is 36.0 Å². The number of imidazole rings is 1. The second-order valence-corrected chi connectivity index (χ2v) is 8.08. The van der Waals surface area contributed by atoms with Crippen molar-refractivity contribution >= 4 is 28.7 Å². The zero-order chi connectivity index (χ0) is 19.4. The van der Waals surface area contributed by atoms with Gasteiger partial charge in [-0.15, -0.1) is 11.3 Å². The molecule has 1 N–H and O–H groups in total. The molecule has 0 bridgehead atoms. The lowest BCUT2D eigenvalue weighted by atomic mass is 10.1. The van der Waals surface area contributed by atoms with Crippen molar-refractivity contribution in [1.29, 1.82) is 0 Å². The summed E-state index contributed by atoms with van der Waals surface area (Å²) in [7, 11) is 2.04. The van der Waals surface area contributed by atoms with Crippen molar-refractivity contribution in [2.24, 2.45) is 5.92 Å². The molecule has 0 unspecified atom stereocenters. The molecule has 0 radical (unpaired) electrons. The Kier molecular flexibility index (Phi) is 6.11. The number of amides is 1. The molecule has 3 rings (SSSR count). The summed E-state index contributed by atoms with van der Waals surface area (Å²) in [5.74, 6) is 1.54. The number of nitrogens with one attached hydrogen (secondary N) is 1. The lowest BCUT2D eigenvalue weighted by Crippen LogP contribution is -2.25. The minimum Gasteiger partial charge on any atom is -0.352 e. The number of hydrogen-bond donors (Lipinski definition) is 1. The number of thiazole rings is 1. The second-order valence-electron chi connectivity index (χ2n) is 7.10. The fourth-order valence-corrected chi connectivity index (χ4v) is 3.71. The summed E-state index contributed by atoms with van der Waals surface area (Å²) >= 11 is 1.64. The summed E-state index contributed by atoms with van der Waals surface area (Å²) in [6.45, 7) is 7.81. The quantitative estimate of drug-likeness (QED) is 0.641. The molecule has 0 aliphatic heterocycles. The fourth-order valence-electron chi connectivity index (χ4n) is 3.04. The van der Waals surface area contributed by atoms with Crippen molar-refractivity contribution in [3.63, 3.8) is 0 Å². The van der Waals surface area contributed by atoms with Gasteiger partial charge in [-0.05, 0) is 30.9 Å². The third-order valence-corrected chi connectivity index (χ3v) is 5.25. The van der Waals surface area contributed by atoms with Gasteiger partial charge in [-0.1, -0.05) is 20.8 Å². The van der Waals surface area contributed by atoms with Crippen LogP contribution in [0.1, 0.15) is 48.3 Å². The van der Waals surface area contributed by atoms with E-state index in [1.165, 1.54) is 0 Å². The summed E-state index contributed by atoms with van der Waals surface area (Å²) in [5.41, 5.74) is 2.52. The van der Waals surface area contributed by atoms with Gasteiger partial charge in [-0.2, -0.15) is 0 Å². The number of carbonyl (C=O) groups excluding carboxylic acids is 1. The van der Waals surface area contributed by atoms with E-state index in [0.717, 1.165) is 35.0 Å². The van der Waals surface area contributed by atoms with Gasteiger partial charge in [0.25, 0.3) is 5.91 Å². The van der Waals surface area contributed by atoms with E-state index in [1.54, 1.807) is 11.3 Å². The summed E-state index contributed by atoms with van der Waals surface area (Å²) < 4.78 is 2.02. The Hall–Kier alpha value is -2.41. The number of aromatic nitrogens is 3.